The Hall–Kier alpha value is -2.06. The summed E-state index contributed by atoms with van der Waals surface area (Å²) in [5.41, 5.74) is 0.838. The van der Waals surface area contributed by atoms with Gasteiger partial charge in [-0.15, -0.1) is 10.2 Å². The molecule has 1 amide bonds. The average Bonchev–Trinajstić information content (AvgIpc) is 3.01. The van der Waals surface area contributed by atoms with Crippen LogP contribution in [-0.2, 0) is 4.79 Å². The van der Waals surface area contributed by atoms with Crippen LogP contribution in [0, 0.1) is 0 Å². The van der Waals surface area contributed by atoms with Crippen LogP contribution in [0.3, 0.4) is 0 Å². The summed E-state index contributed by atoms with van der Waals surface area (Å²) in [5.74, 6) is 1.97. The van der Waals surface area contributed by atoms with E-state index in [-0.39, 0.29) is 5.91 Å². The largest absolute Gasteiger partial charge is 0.493 e. The number of benzene rings is 1. The number of hydrogen-bond donors (Lipinski definition) is 1. The zero-order chi connectivity index (χ0) is 17.4. The summed E-state index contributed by atoms with van der Waals surface area (Å²) in [4.78, 5) is 12.0. The van der Waals surface area contributed by atoms with Gasteiger partial charge in [0.25, 0.3) is 0 Å². The zero-order valence-corrected chi connectivity index (χ0v) is 15.4. The lowest BCUT2D eigenvalue weighted by Gasteiger charge is -2.09. The summed E-state index contributed by atoms with van der Waals surface area (Å²) < 4.78 is 11.6. The van der Waals surface area contributed by atoms with Crippen molar-refractivity contribution >= 4 is 40.2 Å². The average molecular weight is 365 g/mol. The molecule has 0 saturated heterocycles. The number of hydrogen-bond acceptors (Lipinski definition) is 7. The topological polar surface area (TPSA) is 73.3 Å². The Balaban J connectivity index is 1.99. The Morgan fingerprint density at radius 2 is 2.17 bits per heavy atom. The lowest BCUT2D eigenvalue weighted by atomic mass is 10.2. The van der Waals surface area contributed by atoms with Gasteiger partial charge >= 0.3 is 0 Å². The number of anilines is 1. The SMILES string of the molecule is CCOc1ccc(/C=C/C(=O)Nc2nnc(SCC)s2)cc1OC. The standard InChI is InChI=1S/C16H19N3O3S2/c1-4-22-12-8-6-11(10-13(12)21-3)7-9-14(20)17-15-18-19-16(24-15)23-5-2/h6-10H,4-5H2,1-3H3,(H,17,18,20)/b9-7+. The van der Waals surface area contributed by atoms with Crippen molar-refractivity contribution in [2.45, 2.75) is 18.2 Å². The molecule has 0 aliphatic carbocycles. The number of carbonyl (C=O) groups is 1. The second-order valence-corrected chi connectivity index (χ2v) is 6.96. The Labute approximate surface area is 149 Å². The van der Waals surface area contributed by atoms with Crippen LogP contribution < -0.4 is 14.8 Å². The summed E-state index contributed by atoms with van der Waals surface area (Å²) in [6.07, 6.45) is 3.15. The fraction of sp³-hybridized carbons (Fsp3) is 0.312. The molecule has 8 heteroatoms. The Kier molecular flexibility index (Phi) is 7.07. The maximum absolute atomic E-state index is 12.0. The molecule has 0 bridgehead atoms. The first-order valence-electron chi connectivity index (χ1n) is 7.42. The van der Waals surface area contributed by atoms with E-state index in [0.29, 0.717) is 23.2 Å². The van der Waals surface area contributed by atoms with Gasteiger partial charge in [-0.25, -0.2) is 0 Å². The highest BCUT2D eigenvalue weighted by Crippen LogP contribution is 2.28. The van der Waals surface area contributed by atoms with E-state index in [1.165, 1.54) is 17.4 Å². The van der Waals surface area contributed by atoms with E-state index in [1.807, 2.05) is 32.0 Å². The normalized spacial score (nSPS) is 10.8. The van der Waals surface area contributed by atoms with Crippen molar-refractivity contribution in [3.8, 4) is 11.5 Å². The molecule has 2 rings (SSSR count). The Morgan fingerprint density at radius 3 is 2.88 bits per heavy atom. The molecular weight excluding hydrogens is 346 g/mol. The summed E-state index contributed by atoms with van der Waals surface area (Å²) in [6.45, 7) is 4.52. The molecule has 1 N–H and O–H groups in total. The molecule has 24 heavy (non-hydrogen) atoms. The molecule has 1 heterocycles. The van der Waals surface area contributed by atoms with Crippen molar-refractivity contribution in [2.24, 2.45) is 0 Å². The number of nitrogens with one attached hydrogen (secondary N) is 1. The third-order valence-electron chi connectivity index (χ3n) is 2.82. The van der Waals surface area contributed by atoms with Crippen molar-refractivity contribution in [3.63, 3.8) is 0 Å². The van der Waals surface area contributed by atoms with E-state index >= 15 is 0 Å². The van der Waals surface area contributed by atoms with Gasteiger partial charge in [-0.1, -0.05) is 36.1 Å². The predicted octanol–water partition coefficient (Wildman–Crippen LogP) is 3.71. The van der Waals surface area contributed by atoms with Crippen LogP contribution in [0.1, 0.15) is 19.4 Å². The van der Waals surface area contributed by atoms with E-state index in [4.69, 9.17) is 9.47 Å². The maximum Gasteiger partial charge on any atom is 0.250 e. The van der Waals surface area contributed by atoms with Gasteiger partial charge in [0.05, 0.1) is 13.7 Å². The molecule has 1 aromatic heterocycles. The van der Waals surface area contributed by atoms with E-state index in [9.17, 15) is 4.79 Å². The summed E-state index contributed by atoms with van der Waals surface area (Å²) in [5, 5.41) is 11.1. The summed E-state index contributed by atoms with van der Waals surface area (Å²) in [7, 11) is 1.58. The number of aromatic nitrogens is 2. The third kappa shape index (κ3) is 5.24. The van der Waals surface area contributed by atoms with Crippen LogP contribution in [0.4, 0.5) is 5.13 Å². The molecule has 0 atom stereocenters. The van der Waals surface area contributed by atoms with Gasteiger partial charge in [0.1, 0.15) is 0 Å². The third-order valence-corrected chi connectivity index (χ3v) is 4.67. The molecular formula is C16H19N3O3S2. The fourth-order valence-electron chi connectivity index (χ4n) is 1.82. The van der Waals surface area contributed by atoms with Crippen molar-refractivity contribution in [3.05, 3.63) is 29.8 Å². The molecule has 0 spiro atoms. The highest BCUT2D eigenvalue weighted by atomic mass is 32.2. The Morgan fingerprint density at radius 1 is 1.33 bits per heavy atom. The first-order chi connectivity index (χ1) is 11.7. The van der Waals surface area contributed by atoms with Gasteiger partial charge in [0.2, 0.25) is 11.0 Å². The summed E-state index contributed by atoms with van der Waals surface area (Å²) in [6, 6.07) is 5.49. The fourth-order valence-corrected chi connectivity index (χ4v) is 3.48. The van der Waals surface area contributed by atoms with Crippen molar-refractivity contribution in [1.29, 1.82) is 0 Å². The number of ether oxygens (including phenoxy) is 2. The smallest absolute Gasteiger partial charge is 0.250 e. The van der Waals surface area contributed by atoms with E-state index in [2.05, 4.69) is 15.5 Å². The number of nitrogens with zero attached hydrogens (tertiary/aromatic N) is 2. The second kappa shape index (κ2) is 9.29. The molecule has 0 aliphatic heterocycles. The molecule has 128 valence electrons. The van der Waals surface area contributed by atoms with Gasteiger partial charge in [-0.3, -0.25) is 10.1 Å². The van der Waals surface area contributed by atoms with Crippen molar-refractivity contribution < 1.29 is 14.3 Å². The lowest BCUT2D eigenvalue weighted by molar-refractivity contribution is -0.111. The monoisotopic (exact) mass is 365 g/mol. The molecule has 0 saturated carbocycles. The van der Waals surface area contributed by atoms with Gasteiger partial charge in [-0.2, -0.15) is 0 Å². The quantitative estimate of drug-likeness (QED) is 0.437. The summed E-state index contributed by atoms with van der Waals surface area (Å²) >= 11 is 2.95. The molecule has 2 aromatic rings. The van der Waals surface area contributed by atoms with Crippen LogP contribution in [0.5, 0.6) is 11.5 Å². The molecule has 0 aliphatic rings. The first-order valence-corrected chi connectivity index (χ1v) is 9.22. The highest BCUT2D eigenvalue weighted by molar-refractivity contribution is 8.01. The van der Waals surface area contributed by atoms with E-state index < -0.39 is 0 Å². The van der Waals surface area contributed by atoms with Gasteiger partial charge < -0.3 is 9.47 Å². The molecule has 1 aromatic carbocycles. The van der Waals surface area contributed by atoms with Crippen LogP contribution in [0.2, 0.25) is 0 Å². The van der Waals surface area contributed by atoms with Gasteiger partial charge in [-0.05, 0) is 36.4 Å². The lowest BCUT2D eigenvalue weighted by Crippen LogP contribution is -2.07. The molecule has 6 nitrogen and oxygen atoms in total. The van der Waals surface area contributed by atoms with Crippen LogP contribution in [0.15, 0.2) is 28.6 Å². The number of carbonyl (C=O) groups excluding carboxylic acids is 1. The minimum absolute atomic E-state index is 0.257. The van der Waals surface area contributed by atoms with Crippen LogP contribution >= 0.6 is 23.1 Å². The molecule has 0 fully saturated rings. The van der Waals surface area contributed by atoms with Crippen molar-refractivity contribution in [2.75, 3.05) is 24.8 Å². The predicted molar refractivity (Wildman–Crippen MR) is 98.1 cm³/mol. The second-order valence-electron chi connectivity index (χ2n) is 4.47. The number of amides is 1. The van der Waals surface area contributed by atoms with E-state index in [0.717, 1.165) is 15.7 Å². The minimum Gasteiger partial charge on any atom is -0.493 e. The first kappa shape index (κ1) is 18.3. The van der Waals surface area contributed by atoms with E-state index in [1.54, 1.807) is 24.9 Å². The van der Waals surface area contributed by atoms with Gasteiger partial charge in [0, 0.05) is 6.08 Å². The molecule has 0 radical (unpaired) electrons. The van der Waals surface area contributed by atoms with Crippen molar-refractivity contribution in [1.82, 2.24) is 10.2 Å². The zero-order valence-electron chi connectivity index (χ0n) is 13.7. The maximum atomic E-state index is 12.0. The van der Waals surface area contributed by atoms with Gasteiger partial charge in [0.15, 0.2) is 15.8 Å². The number of thioether (sulfide) groups is 1. The minimum atomic E-state index is -0.257. The molecule has 0 unspecified atom stereocenters. The number of rotatable bonds is 8. The van der Waals surface area contributed by atoms with Crippen LogP contribution in [0.25, 0.3) is 6.08 Å². The Bertz CT molecular complexity index is 716. The highest BCUT2D eigenvalue weighted by Gasteiger charge is 2.07. The van der Waals surface area contributed by atoms with Crippen LogP contribution in [-0.4, -0.2) is 35.6 Å². The number of methoxy groups -OCH3 is 1.